The predicted molar refractivity (Wildman–Crippen MR) is 106 cm³/mol. The van der Waals surface area contributed by atoms with Crippen LogP contribution in [0.15, 0.2) is 91.0 Å². The average molecular weight is 342 g/mol. The molecule has 0 heterocycles. The second-order valence-corrected chi connectivity index (χ2v) is 6.26. The Morgan fingerprint density at radius 2 is 1.35 bits per heavy atom. The summed E-state index contributed by atoms with van der Waals surface area (Å²) in [7, 11) is 0. The average Bonchev–Trinajstić information content (AvgIpc) is 2.67. The number of carbonyl (C=O) groups excluding carboxylic acids is 1. The molecule has 130 valence electrons. The molecule has 3 aromatic carbocycles. The lowest BCUT2D eigenvalue weighted by atomic mass is 9.91. The minimum absolute atomic E-state index is 0.277. The molecule has 2 nitrogen and oxygen atoms in total. The van der Waals surface area contributed by atoms with Gasteiger partial charge in [-0.05, 0) is 40.3 Å². The van der Waals surface area contributed by atoms with Crippen LogP contribution in [0.5, 0.6) is 5.75 Å². The molecule has 0 aromatic heterocycles. The third-order valence-corrected chi connectivity index (χ3v) is 4.25. The zero-order valence-corrected chi connectivity index (χ0v) is 15.1. The Hall–Kier alpha value is -3.13. The van der Waals surface area contributed by atoms with Gasteiger partial charge in [0, 0.05) is 6.92 Å². The normalized spacial score (nSPS) is 12.5. The van der Waals surface area contributed by atoms with Crippen molar-refractivity contribution in [2.45, 2.75) is 19.8 Å². The molecule has 0 radical (unpaired) electrons. The lowest BCUT2D eigenvalue weighted by Crippen LogP contribution is -2.01. The number of carbonyl (C=O) groups is 1. The molecular formula is C24H22O2. The largest absolute Gasteiger partial charge is 0.427 e. The summed E-state index contributed by atoms with van der Waals surface area (Å²) in [4.78, 5) is 11.1. The van der Waals surface area contributed by atoms with Crippen LogP contribution in [0.4, 0.5) is 0 Å². The first kappa shape index (κ1) is 17.7. The van der Waals surface area contributed by atoms with Crippen LogP contribution in [0.1, 0.15) is 36.5 Å². The van der Waals surface area contributed by atoms with Crippen LogP contribution < -0.4 is 4.74 Å². The molecule has 0 aliphatic carbocycles. The first-order chi connectivity index (χ1) is 12.6. The van der Waals surface area contributed by atoms with Crippen LogP contribution in [0.25, 0.3) is 5.57 Å². The zero-order valence-electron chi connectivity index (χ0n) is 15.1. The third-order valence-electron chi connectivity index (χ3n) is 4.25. The van der Waals surface area contributed by atoms with E-state index in [2.05, 4.69) is 49.4 Å². The molecule has 0 bridgehead atoms. The number of hydrogen-bond donors (Lipinski definition) is 0. The van der Waals surface area contributed by atoms with Gasteiger partial charge >= 0.3 is 5.97 Å². The summed E-state index contributed by atoms with van der Waals surface area (Å²) in [6.45, 7) is 3.61. The van der Waals surface area contributed by atoms with Crippen LogP contribution in [0.3, 0.4) is 0 Å². The Morgan fingerprint density at radius 3 is 1.92 bits per heavy atom. The van der Waals surface area contributed by atoms with Crippen molar-refractivity contribution in [3.8, 4) is 5.75 Å². The summed E-state index contributed by atoms with van der Waals surface area (Å²) in [6.07, 6.45) is 2.28. The maximum Gasteiger partial charge on any atom is 0.308 e. The molecular weight excluding hydrogens is 320 g/mol. The van der Waals surface area contributed by atoms with Crippen LogP contribution in [-0.4, -0.2) is 5.97 Å². The first-order valence-electron chi connectivity index (χ1n) is 8.74. The second-order valence-electron chi connectivity index (χ2n) is 6.26. The Kier molecular flexibility index (Phi) is 5.65. The van der Waals surface area contributed by atoms with Gasteiger partial charge in [-0.1, -0.05) is 85.8 Å². The lowest BCUT2D eigenvalue weighted by molar-refractivity contribution is -0.131. The molecule has 3 rings (SSSR count). The van der Waals surface area contributed by atoms with Crippen LogP contribution in [0, 0.1) is 0 Å². The molecule has 0 aliphatic rings. The minimum atomic E-state index is -0.311. The van der Waals surface area contributed by atoms with E-state index in [4.69, 9.17) is 4.74 Å². The van der Waals surface area contributed by atoms with Gasteiger partial charge in [-0.25, -0.2) is 0 Å². The Labute approximate surface area is 154 Å². The highest BCUT2D eigenvalue weighted by molar-refractivity contribution is 5.80. The molecule has 0 saturated heterocycles. The highest BCUT2D eigenvalue weighted by Crippen LogP contribution is 2.29. The number of allylic oxidation sites excluding steroid dienone is 1. The van der Waals surface area contributed by atoms with Gasteiger partial charge < -0.3 is 4.74 Å². The zero-order chi connectivity index (χ0) is 18.4. The Balaban J connectivity index is 1.99. The summed E-state index contributed by atoms with van der Waals surface area (Å²) in [5.74, 6) is 0.526. The van der Waals surface area contributed by atoms with E-state index in [1.807, 2.05) is 48.5 Å². The van der Waals surface area contributed by atoms with E-state index in [-0.39, 0.29) is 11.9 Å². The Morgan fingerprint density at radius 1 is 0.808 bits per heavy atom. The van der Waals surface area contributed by atoms with E-state index in [1.165, 1.54) is 12.5 Å². The molecule has 0 fully saturated rings. The number of hydrogen-bond acceptors (Lipinski definition) is 2. The van der Waals surface area contributed by atoms with Crippen molar-refractivity contribution in [3.05, 3.63) is 108 Å². The highest BCUT2D eigenvalue weighted by atomic mass is 16.5. The fraction of sp³-hybridized carbons (Fsp3) is 0.125. The summed E-state index contributed by atoms with van der Waals surface area (Å²) in [5, 5.41) is 0. The monoisotopic (exact) mass is 342 g/mol. The Bertz CT molecular complexity index is 879. The maximum absolute atomic E-state index is 11.1. The van der Waals surface area contributed by atoms with Gasteiger partial charge in [0.05, 0.1) is 0 Å². The van der Waals surface area contributed by atoms with E-state index in [9.17, 15) is 4.79 Å². The van der Waals surface area contributed by atoms with Crippen molar-refractivity contribution in [1.82, 2.24) is 0 Å². The number of rotatable bonds is 5. The van der Waals surface area contributed by atoms with Crippen molar-refractivity contribution in [3.63, 3.8) is 0 Å². The molecule has 3 aromatic rings. The molecule has 1 unspecified atom stereocenters. The van der Waals surface area contributed by atoms with Crippen molar-refractivity contribution in [2.24, 2.45) is 0 Å². The van der Waals surface area contributed by atoms with Gasteiger partial charge in [0.1, 0.15) is 5.75 Å². The minimum Gasteiger partial charge on any atom is -0.427 e. The predicted octanol–water partition coefficient (Wildman–Crippen LogP) is 5.85. The van der Waals surface area contributed by atoms with Crippen molar-refractivity contribution < 1.29 is 9.53 Å². The highest BCUT2D eigenvalue weighted by Gasteiger charge is 2.09. The lowest BCUT2D eigenvalue weighted by Gasteiger charge is -2.14. The first-order valence-corrected chi connectivity index (χ1v) is 8.74. The van der Waals surface area contributed by atoms with E-state index in [1.54, 1.807) is 0 Å². The molecule has 0 amide bonds. The smallest absolute Gasteiger partial charge is 0.308 e. The fourth-order valence-corrected chi connectivity index (χ4v) is 2.95. The van der Waals surface area contributed by atoms with Crippen LogP contribution in [0.2, 0.25) is 0 Å². The van der Waals surface area contributed by atoms with Gasteiger partial charge in [-0.15, -0.1) is 0 Å². The van der Waals surface area contributed by atoms with Crippen LogP contribution in [-0.2, 0) is 4.79 Å². The summed E-state index contributed by atoms with van der Waals surface area (Å²) < 4.78 is 5.15. The quantitative estimate of drug-likeness (QED) is 0.429. The number of ether oxygens (including phenoxy) is 1. The SMILES string of the molecule is CC(=O)Oc1ccc(/C(=C/C(C)c2ccccc2)c2ccccc2)cc1. The maximum atomic E-state index is 11.1. The fourth-order valence-electron chi connectivity index (χ4n) is 2.95. The van der Waals surface area contributed by atoms with E-state index in [0.29, 0.717) is 5.75 Å². The molecule has 1 atom stereocenters. The second kappa shape index (κ2) is 8.30. The van der Waals surface area contributed by atoms with Crippen molar-refractivity contribution in [1.29, 1.82) is 0 Å². The molecule has 26 heavy (non-hydrogen) atoms. The number of benzene rings is 3. The van der Waals surface area contributed by atoms with E-state index >= 15 is 0 Å². The summed E-state index contributed by atoms with van der Waals surface area (Å²) in [6, 6.07) is 28.5. The van der Waals surface area contributed by atoms with Crippen molar-refractivity contribution in [2.75, 3.05) is 0 Å². The summed E-state index contributed by atoms with van der Waals surface area (Å²) >= 11 is 0. The standard InChI is InChI=1S/C24H22O2/c1-18(20-9-5-3-6-10-20)17-24(21-11-7-4-8-12-21)22-13-15-23(16-14-22)26-19(2)25/h3-18H,1-2H3/b24-17+. The van der Waals surface area contributed by atoms with Gasteiger partial charge in [-0.2, -0.15) is 0 Å². The van der Waals surface area contributed by atoms with Gasteiger partial charge in [-0.3, -0.25) is 4.79 Å². The molecule has 2 heteroatoms. The molecule has 0 N–H and O–H groups in total. The summed E-state index contributed by atoms with van der Waals surface area (Å²) in [5.41, 5.74) is 4.69. The molecule has 0 saturated carbocycles. The molecule has 0 spiro atoms. The third kappa shape index (κ3) is 4.48. The molecule has 0 aliphatic heterocycles. The van der Waals surface area contributed by atoms with E-state index in [0.717, 1.165) is 16.7 Å². The van der Waals surface area contributed by atoms with Crippen molar-refractivity contribution >= 4 is 11.5 Å². The van der Waals surface area contributed by atoms with Gasteiger partial charge in [0.15, 0.2) is 0 Å². The van der Waals surface area contributed by atoms with Crippen LogP contribution >= 0.6 is 0 Å². The van der Waals surface area contributed by atoms with Gasteiger partial charge in [0.2, 0.25) is 0 Å². The topological polar surface area (TPSA) is 26.3 Å². The van der Waals surface area contributed by atoms with Gasteiger partial charge in [0.25, 0.3) is 0 Å². The number of esters is 1. The van der Waals surface area contributed by atoms with E-state index < -0.39 is 0 Å².